The number of rotatable bonds is 2. The minimum atomic E-state index is -5.15. The second-order valence-corrected chi connectivity index (χ2v) is 8.57. The number of benzene rings is 3. The maximum absolute atomic E-state index is 11.0. The second kappa shape index (κ2) is 8.03. The summed E-state index contributed by atoms with van der Waals surface area (Å²) in [5.41, 5.74) is 0.236. The molecule has 0 fully saturated rings. The summed E-state index contributed by atoms with van der Waals surface area (Å²) in [6.07, 6.45) is 0. The molecule has 0 heterocycles. The molecule has 0 saturated heterocycles. The van der Waals surface area contributed by atoms with E-state index in [1.165, 1.54) is 23.8 Å². The van der Waals surface area contributed by atoms with Gasteiger partial charge in [0, 0.05) is 0 Å². The van der Waals surface area contributed by atoms with Crippen LogP contribution in [0.3, 0.4) is 0 Å². The first-order valence-electron chi connectivity index (χ1n) is 7.38. The Morgan fingerprint density at radius 2 is 1.40 bits per heavy atom. The van der Waals surface area contributed by atoms with Gasteiger partial charge in [-0.25, -0.2) is 0 Å². The van der Waals surface area contributed by atoms with Crippen LogP contribution in [0.1, 0.15) is 6.92 Å². The average Bonchev–Trinajstić information content (AvgIpc) is 2.56. The zero-order chi connectivity index (χ0) is 18.4. The summed E-state index contributed by atoms with van der Waals surface area (Å²) in [6, 6.07) is 20.3. The fourth-order valence-corrected chi connectivity index (χ4v) is 3.60. The third-order valence-corrected chi connectivity index (χ3v) is 5.34. The molecule has 3 rings (SSSR count). The molecule has 0 unspecified atom stereocenters. The van der Waals surface area contributed by atoms with Crippen molar-refractivity contribution in [1.29, 1.82) is 0 Å². The van der Waals surface area contributed by atoms with E-state index in [9.17, 15) is 13.6 Å². The summed E-state index contributed by atoms with van der Waals surface area (Å²) < 4.78 is 28.4. The first-order valence-corrected chi connectivity index (χ1v) is 10.8. The van der Waals surface area contributed by atoms with Crippen LogP contribution in [0.4, 0.5) is 5.69 Å². The molecule has 0 atom stereocenters. The van der Waals surface area contributed by atoms with E-state index in [-0.39, 0.29) is 11.6 Å². The fraction of sp³-hybridized carbons (Fsp3) is 0.0556. The van der Waals surface area contributed by atoms with Gasteiger partial charge in [0.25, 0.3) is 0 Å². The number of amides is 1. The molecule has 0 radical (unpaired) electrons. The summed E-state index contributed by atoms with van der Waals surface area (Å²) in [6.45, 7) is 1.27. The van der Waals surface area contributed by atoms with Crippen molar-refractivity contribution < 1.29 is 21.8 Å². The Labute approximate surface area is 147 Å². The van der Waals surface area contributed by atoms with Crippen LogP contribution in [0, 0.1) is 0 Å². The number of aromatic hydroxyl groups is 1. The van der Waals surface area contributed by atoms with Gasteiger partial charge in [0.15, 0.2) is 0 Å². The first kappa shape index (κ1) is 18.8. The molecule has 0 bridgehead atoms. The predicted octanol–water partition coefficient (Wildman–Crippen LogP) is 1.75. The van der Waals surface area contributed by atoms with Gasteiger partial charge in [-0.3, -0.25) is 0 Å². The van der Waals surface area contributed by atoms with Gasteiger partial charge < -0.3 is 0 Å². The van der Waals surface area contributed by atoms with Gasteiger partial charge in [-0.1, -0.05) is 48.5 Å². The monoisotopic (exact) mass is 403 g/mol. The molecule has 25 heavy (non-hydrogen) atoms. The van der Waals surface area contributed by atoms with Crippen molar-refractivity contribution in [2.75, 3.05) is 5.32 Å². The van der Waals surface area contributed by atoms with Gasteiger partial charge >= 0.3 is 88.1 Å². The van der Waals surface area contributed by atoms with E-state index in [1.54, 1.807) is 0 Å². The topological polar surface area (TPSA) is 107 Å². The van der Waals surface area contributed by atoms with E-state index in [4.69, 9.17) is 8.19 Å². The number of hydrogen-bond acceptors (Lipinski definition) is 3. The van der Waals surface area contributed by atoms with Gasteiger partial charge in [0.05, 0.1) is 0 Å². The Bertz CT molecular complexity index is 870. The van der Waals surface area contributed by atoms with Crippen molar-refractivity contribution in [1.82, 2.24) is 0 Å². The second-order valence-electron chi connectivity index (χ2n) is 5.28. The number of carbonyl (C=O) groups is 1. The zero-order valence-corrected chi connectivity index (χ0v) is 15.3. The van der Waals surface area contributed by atoms with Gasteiger partial charge in [-0.15, -0.1) is 0 Å². The van der Waals surface area contributed by atoms with Gasteiger partial charge in [0.1, 0.15) is 0 Å². The van der Waals surface area contributed by atoms with Crippen molar-refractivity contribution >= 4 is 40.9 Å². The summed E-state index contributed by atoms with van der Waals surface area (Å²) in [4.78, 5) is 10.7. The molecule has 3 aromatic rings. The number of fused-ring (bicyclic) bond motifs is 1. The standard InChI is InChI=1S/C10H8.C8H10AsNO5/c1-2-6-10-8-4-3-7-9(10)5-1;1-5(11)10-6-2-3-8(12)7(4-6)9(13,14)15/h1-8H;2-4,12H,1H3,(H,10,11)(H2,13,14,15). The van der Waals surface area contributed by atoms with Crippen LogP contribution >= 0.6 is 0 Å². The van der Waals surface area contributed by atoms with Gasteiger partial charge in [-0.2, -0.15) is 0 Å². The van der Waals surface area contributed by atoms with Crippen LogP contribution in [-0.4, -0.2) is 33.4 Å². The maximum atomic E-state index is 11.0. The normalized spacial score (nSPS) is 10.7. The minimum absolute atomic E-state index is 0.236. The van der Waals surface area contributed by atoms with Crippen LogP contribution in [0.2, 0.25) is 0 Å². The Morgan fingerprint density at radius 3 is 1.80 bits per heavy atom. The molecule has 7 heteroatoms. The molecule has 1 amide bonds. The Kier molecular flexibility index (Phi) is 6.04. The number of hydrogen-bond donors (Lipinski definition) is 4. The van der Waals surface area contributed by atoms with Gasteiger partial charge in [-0.05, 0) is 10.8 Å². The van der Waals surface area contributed by atoms with Crippen LogP contribution in [0.15, 0.2) is 66.7 Å². The van der Waals surface area contributed by atoms with Crippen molar-refractivity contribution in [3.63, 3.8) is 0 Å². The van der Waals surface area contributed by atoms with Crippen molar-refractivity contribution in [2.24, 2.45) is 0 Å². The van der Waals surface area contributed by atoms with E-state index in [1.807, 2.05) is 0 Å². The number of phenols is 1. The van der Waals surface area contributed by atoms with Crippen LogP contribution in [0.25, 0.3) is 10.8 Å². The van der Waals surface area contributed by atoms with E-state index in [0.717, 1.165) is 12.1 Å². The molecule has 0 aromatic heterocycles. The van der Waals surface area contributed by atoms with Crippen LogP contribution < -0.4 is 9.67 Å². The molecule has 4 N–H and O–H groups in total. The molecular formula is C18H18AsNO5. The molecule has 0 spiro atoms. The largest absolute Gasteiger partial charge is 0.0616 e. The third-order valence-electron chi connectivity index (χ3n) is 3.27. The summed E-state index contributed by atoms with van der Waals surface area (Å²) >= 11 is -5.15. The van der Waals surface area contributed by atoms with Crippen molar-refractivity contribution in [2.45, 2.75) is 6.92 Å². The molecule has 0 aliphatic heterocycles. The Hall–Kier alpha value is -2.53. The fourth-order valence-electron chi connectivity index (χ4n) is 2.17. The van der Waals surface area contributed by atoms with E-state index in [0.29, 0.717) is 0 Å². The van der Waals surface area contributed by atoms with E-state index >= 15 is 0 Å². The first-order chi connectivity index (χ1) is 11.8. The molecule has 3 aromatic carbocycles. The third kappa shape index (κ3) is 5.50. The Morgan fingerprint density at radius 1 is 0.920 bits per heavy atom. The quantitative estimate of drug-likeness (QED) is 0.385. The SMILES string of the molecule is CC(=O)Nc1ccc(O)c([As](=O)(O)O)c1.c1ccc2ccccc2c1. The minimum Gasteiger partial charge on any atom is -0.0616 e. The summed E-state index contributed by atoms with van der Waals surface area (Å²) in [7, 11) is 0. The van der Waals surface area contributed by atoms with Crippen molar-refractivity contribution in [3.05, 3.63) is 66.7 Å². The van der Waals surface area contributed by atoms with E-state index < -0.39 is 24.3 Å². The zero-order valence-electron chi connectivity index (χ0n) is 13.5. The summed E-state index contributed by atoms with van der Waals surface area (Å²) in [5.74, 6) is -0.832. The maximum Gasteiger partial charge on any atom is -0.0184 e. The van der Waals surface area contributed by atoms with Gasteiger partial charge in [0.2, 0.25) is 0 Å². The molecule has 6 nitrogen and oxygen atoms in total. The van der Waals surface area contributed by atoms with E-state index in [2.05, 4.69) is 53.8 Å². The smallest absolute Gasteiger partial charge is 0.0184 e. The van der Waals surface area contributed by atoms with Crippen molar-refractivity contribution in [3.8, 4) is 5.75 Å². The molecule has 0 saturated carbocycles. The molecule has 0 aliphatic rings. The molecule has 130 valence electrons. The van der Waals surface area contributed by atoms with Crippen LogP contribution in [-0.2, 0) is 8.53 Å². The molecule has 0 aliphatic carbocycles. The number of anilines is 1. The Balaban J connectivity index is 0.000000194. The average molecular weight is 403 g/mol. The number of phenolic OH excluding ortho intramolecular Hbond substituents is 1. The summed E-state index contributed by atoms with van der Waals surface area (Å²) in [5, 5.41) is 14.2. The van der Waals surface area contributed by atoms with Crippen LogP contribution in [0.5, 0.6) is 5.75 Å². The number of nitrogens with one attached hydrogen (secondary N) is 1. The predicted molar refractivity (Wildman–Crippen MR) is 96.9 cm³/mol. The number of carbonyl (C=O) groups excluding carboxylic acids is 1. The molecular weight excluding hydrogens is 385 g/mol.